The smallest absolute Gasteiger partial charge is 0.303 e. The Hall–Kier alpha value is -2.63. The van der Waals surface area contributed by atoms with Crippen molar-refractivity contribution < 1.29 is 29.0 Å². The Morgan fingerprint density at radius 2 is 1.69 bits per heavy atom. The minimum absolute atomic E-state index is 0.0673. The number of aryl methyl sites for hydroxylation is 1. The third-order valence-electron chi connectivity index (χ3n) is 8.34. The van der Waals surface area contributed by atoms with Crippen LogP contribution in [0, 0.1) is 29.6 Å². The summed E-state index contributed by atoms with van der Waals surface area (Å²) >= 11 is 0. The summed E-state index contributed by atoms with van der Waals surface area (Å²) in [5.74, 6) is -1.45. The second-order valence-corrected chi connectivity index (χ2v) is 11.7. The predicted molar refractivity (Wildman–Crippen MR) is 135 cm³/mol. The number of hydrogen-bond acceptors (Lipinski definition) is 6. The Bertz CT molecular complexity index is 1050. The number of fused-ring (bicyclic) bond motifs is 1. The fourth-order valence-corrected chi connectivity index (χ4v) is 7.33. The van der Waals surface area contributed by atoms with Crippen LogP contribution in [0.25, 0.3) is 5.57 Å². The molecule has 0 spiro atoms. The summed E-state index contributed by atoms with van der Waals surface area (Å²) in [6, 6.07) is 5.36. The Morgan fingerprint density at radius 1 is 1.03 bits per heavy atom. The largest absolute Gasteiger partial charge is 0.508 e. The number of carbonyl (C=O) groups excluding carboxylic acids is 3. The van der Waals surface area contributed by atoms with Gasteiger partial charge in [-0.3, -0.25) is 14.4 Å². The molecule has 1 aromatic rings. The first-order chi connectivity index (χ1) is 16.1. The van der Waals surface area contributed by atoms with Crippen LogP contribution in [0.2, 0.25) is 0 Å². The van der Waals surface area contributed by atoms with Gasteiger partial charge in [-0.2, -0.15) is 0 Å². The number of allylic oxidation sites excluding steroid dienone is 2. The quantitative estimate of drug-likeness (QED) is 0.421. The van der Waals surface area contributed by atoms with Crippen LogP contribution in [-0.2, 0) is 23.9 Å². The van der Waals surface area contributed by atoms with Crippen molar-refractivity contribution in [1.82, 2.24) is 0 Å². The molecule has 1 aromatic carbocycles. The standard InChI is InChI=1S/C29H40O6/c1-17-10-11-21(15-22(17)32)18(2)14-23(33)25-28(7)13-9-12-27(5,6)26(28)24(34-19(3)30)16-29(25,8)35-20(4)31/h10-11,14-15,24-26,32H,9,12-13,16H2,1-8H3/b18-14-/t24-,25-,26+,28-,29-/m1/s1. The Morgan fingerprint density at radius 3 is 2.26 bits per heavy atom. The van der Waals surface area contributed by atoms with E-state index >= 15 is 0 Å². The normalized spacial score (nSPS) is 32.3. The zero-order chi connectivity index (χ0) is 26.3. The van der Waals surface area contributed by atoms with Crippen LogP contribution in [0.5, 0.6) is 5.75 Å². The van der Waals surface area contributed by atoms with Crippen LogP contribution in [0.4, 0.5) is 0 Å². The maximum absolute atomic E-state index is 14.1. The first kappa shape index (κ1) is 27.0. The van der Waals surface area contributed by atoms with Gasteiger partial charge in [0.2, 0.25) is 0 Å². The van der Waals surface area contributed by atoms with Gasteiger partial charge in [-0.25, -0.2) is 0 Å². The molecule has 0 saturated heterocycles. The highest BCUT2D eigenvalue weighted by Crippen LogP contribution is 2.63. The van der Waals surface area contributed by atoms with Crippen LogP contribution in [-0.4, -0.2) is 34.5 Å². The second-order valence-electron chi connectivity index (χ2n) is 11.7. The molecule has 2 aliphatic rings. The molecular formula is C29H40O6. The number of aromatic hydroxyl groups is 1. The summed E-state index contributed by atoms with van der Waals surface area (Å²) in [5.41, 5.74) is 0.410. The van der Waals surface area contributed by atoms with E-state index in [1.54, 1.807) is 19.1 Å². The third kappa shape index (κ3) is 5.17. The van der Waals surface area contributed by atoms with Gasteiger partial charge in [-0.15, -0.1) is 0 Å². The molecule has 0 aromatic heterocycles. The van der Waals surface area contributed by atoms with Crippen molar-refractivity contribution in [1.29, 1.82) is 0 Å². The molecule has 192 valence electrons. The number of ether oxygens (including phenoxy) is 2. The fourth-order valence-electron chi connectivity index (χ4n) is 7.33. The van der Waals surface area contributed by atoms with E-state index in [2.05, 4.69) is 20.8 Å². The minimum atomic E-state index is -1.13. The van der Waals surface area contributed by atoms with Crippen molar-refractivity contribution >= 4 is 23.3 Å². The first-order valence-corrected chi connectivity index (χ1v) is 12.5. The Kier molecular flexibility index (Phi) is 7.27. The third-order valence-corrected chi connectivity index (χ3v) is 8.34. The predicted octanol–water partition coefficient (Wildman–Crippen LogP) is 5.78. The fraction of sp³-hybridized carbons (Fsp3) is 0.621. The van der Waals surface area contributed by atoms with Crippen LogP contribution < -0.4 is 0 Å². The van der Waals surface area contributed by atoms with Crippen LogP contribution in [0.1, 0.15) is 85.3 Å². The zero-order valence-electron chi connectivity index (χ0n) is 22.4. The van der Waals surface area contributed by atoms with Crippen LogP contribution in [0.3, 0.4) is 0 Å². The lowest BCUT2D eigenvalue weighted by Gasteiger charge is -2.62. The number of esters is 2. The molecule has 1 N–H and O–H groups in total. The van der Waals surface area contributed by atoms with Gasteiger partial charge in [0, 0.05) is 26.2 Å². The van der Waals surface area contributed by atoms with E-state index in [-0.39, 0.29) is 35.3 Å². The van der Waals surface area contributed by atoms with E-state index in [1.165, 1.54) is 13.8 Å². The molecule has 3 rings (SSSR count). The SMILES string of the molecule is CC(=O)O[C@@H]1C[C@@](C)(OC(C)=O)[C@H](C(=O)/C=C(/C)c2ccc(C)c(O)c2)[C@@]2(C)CCCC(C)(C)[C@H]12. The molecule has 2 saturated carbocycles. The second kappa shape index (κ2) is 9.44. The molecule has 2 aliphatic carbocycles. The van der Waals surface area contributed by atoms with Gasteiger partial charge in [-0.05, 0) is 73.3 Å². The van der Waals surface area contributed by atoms with Crippen LogP contribution in [0.15, 0.2) is 24.3 Å². The maximum atomic E-state index is 14.1. The average Bonchev–Trinajstić information content (AvgIpc) is 2.66. The molecule has 35 heavy (non-hydrogen) atoms. The number of phenolic OH excluding ortho intramolecular Hbond substituents is 1. The van der Waals surface area contributed by atoms with E-state index in [1.807, 2.05) is 26.0 Å². The van der Waals surface area contributed by atoms with Crippen molar-refractivity contribution in [3.63, 3.8) is 0 Å². The summed E-state index contributed by atoms with van der Waals surface area (Å²) in [7, 11) is 0. The number of rotatable bonds is 5. The molecule has 2 fully saturated rings. The van der Waals surface area contributed by atoms with Crippen molar-refractivity contribution in [2.24, 2.45) is 22.7 Å². The summed E-state index contributed by atoms with van der Waals surface area (Å²) in [6.07, 6.45) is 4.09. The molecule has 0 bridgehead atoms. The van der Waals surface area contributed by atoms with E-state index < -0.39 is 29.0 Å². The molecule has 6 heteroatoms. The van der Waals surface area contributed by atoms with Gasteiger partial charge in [0.1, 0.15) is 17.5 Å². The average molecular weight is 485 g/mol. The van der Waals surface area contributed by atoms with E-state index in [0.29, 0.717) is 0 Å². The monoisotopic (exact) mass is 484 g/mol. The van der Waals surface area contributed by atoms with Gasteiger partial charge in [0.05, 0.1) is 5.92 Å². The number of ketones is 1. The lowest BCUT2D eigenvalue weighted by Crippen LogP contribution is -2.66. The van der Waals surface area contributed by atoms with E-state index in [9.17, 15) is 19.5 Å². The lowest BCUT2D eigenvalue weighted by atomic mass is 9.44. The molecule has 0 heterocycles. The van der Waals surface area contributed by atoms with Gasteiger partial charge >= 0.3 is 11.9 Å². The molecule has 0 radical (unpaired) electrons. The van der Waals surface area contributed by atoms with Crippen molar-refractivity contribution in [2.75, 3.05) is 0 Å². The van der Waals surface area contributed by atoms with Gasteiger partial charge in [0.15, 0.2) is 5.78 Å². The number of carbonyl (C=O) groups is 3. The van der Waals surface area contributed by atoms with Gasteiger partial charge in [0.25, 0.3) is 0 Å². The lowest BCUT2D eigenvalue weighted by molar-refractivity contribution is -0.228. The highest BCUT2D eigenvalue weighted by molar-refractivity contribution is 5.99. The van der Waals surface area contributed by atoms with Crippen molar-refractivity contribution in [3.05, 3.63) is 35.4 Å². The van der Waals surface area contributed by atoms with Crippen molar-refractivity contribution in [2.45, 2.75) is 92.8 Å². The summed E-state index contributed by atoms with van der Waals surface area (Å²) in [5, 5.41) is 10.2. The highest BCUT2D eigenvalue weighted by Gasteiger charge is 2.66. The summed E-state index contributed by atoms with van der Waals surface area (Å²) < 4.78 is 11.8. The number of phenols is 1. The molecule has 0 amide bonds. The van der Waals surface area contributed by atoms with E-state index in [0.717, 1.165) is 36.0 Å². The number of hydrogen-bond donors (Lipinski definition) is 1. The Balaban J connectivity index is 2.14. The van der Waals surface area contributed by atoms with E-state index in [4.69, 9.17) is 9.47 Å². The van der Waals surface area contributed by atoms with Crippen molar-refractivity contribution in [3.8, 4) is 5.75 Å². The summed E-state index contributed by atoms with van der Waals surface area (Å²) in [4.78, 5) is 38.4. The zero-order valence-corrected chi connectivity index (χ0v) is 22.4. The molecule has 0 aliphatic heterocycles. The first-order valence-electron chi connectivity index (χ1n) is 12.5. The molecule has 6 nitrogen and oxygen atoms in total. The topological polar surface area (TPSA) is 89.9 Å². The number of benzene rings is 1. The Labute approximate surface area is 209 Å². The highest BCUT2D eigenvalue weighted by atomic mass is 16.6. The van der Waals surface area contributed by atoms with Crippen LogP contribution >= 0.6 is 0 Å². The minimum Gasteiger partial charge on any atom is -0.508 e. The molecule has 0 unspecified atom stereocenters. The van der Waals surface area contributed by atoms with Gasteiger partial charge < -0.3 is 14.6 Å². The maximum Gasteiger partial charge on any atom is 0.303 e. The summed E-state index contributed by atoms with van der Waals surface area (Å²) in [6.45, 7) is 14.7. The molecular weight excluding hydrogens is 444 g/mol. The molecule has 5 atom stereocenters. The van der Waals surface area contributed by atoms with Gasteiger partial charge in [-0.1, -0.05) is 39.3 Å².